The Balaban J connectivity index is 1.42. The molecule has 1 aliphatic carbocycles. The number of Topliss-reactive ketones (excluding diaryl/α,β-unsaturated/α-hetero) is 1. The number of thioether (sulfide) groups is 1. The topological polar surface area (TPSA) is 125 Å². The van der Waals surface area contributed by atoms with Crippen molar-refractivity contribution in [3.8, 4) is 6.07 Å². The largest absolute Gasteiger partial charge is 0.384 e. The Kier molecular flexibility index (Phi) is 7.46. The second kappa shape index (κ2) is 10.9. The second-order valence-electron chi connectivity index (χ2n) is 8.57. The van der Waals surface area contributed by atoms with Crippen molar-refractivity contribution in [3.63, 3.8) is 0 Å². The number of aromatic nitrogens is 2. The van der Waals surface area contributed by atoms with E-state index < -0.39 is 11.7 Å². The number of nitrogens with two attached hydrogens (primary N) is 1. The normalized spacial score (nSPS) is 17.3. The molecule has 1 unspecified atom stereocenters. The lowest BCUT2D eigenvalue weighted by molar-refractivity contribution is -0.116. The fraction of sp³-hybridized carbons (Fsp3) is 0.192. The van der Waals surface area contributed by atoms with Crippen LogP contribution in [0.2, 0.25) is 5.02 Å². The summed E-state index contributed by atoms with van der Waals surface area (Å²) in [6.45, 7) is 0. The molecule has 38 heavy (non-hydrogen) atoms. The number of hydrogen-bond acceptors (Lipinski definition) is 9. The third-order valence-corrected chi connectivity index (χ3v) is 8.42. The Labute approximate surface area is 231 Å². The molecule has 1 amide bonds. The zero-order valence-corrected chi connectivity index (χ0v) is 22.2. The van der Waals surface area contributed by atoms with Crippen LogP contribution in [-0.2, 0) is 9.59 Å². The molecule has 0 radical (unpaired) electrons. The van der Waals surface area contributed by atoms with Gasteiger partial charge >= 0.3 is 0 Å². The number of amides is 1. The number of nitriles is 1. The highest BCUT2D eigenvalue weighted by molar-refractivity contribution is 8.01. The first-order valence-corrected chi connectivity index (χ1v) is 13.8. The summed E-state index contributed by atoms with van der Waals surface area (Å²) in [4.78, 5) is 27.2. The van der Waals surface area contributed by atoms with Crippen molar-refractivity contribution < 1.29 is 14.0 Å². The molecular weight excluding hydrogens is 547 g/mol. The van der Waals surface area contributed by atoms with Gasteiger partial charge in [0.1, 0.15) is 11.6 Å². The van der Waals surface area contributed by atoms with Gasteiger partial charge in [0.25, 0.3) is 0 Å². The van der Waals surface area contributed by atoms with Crippen molar-refractivity contribution >= 4 is 57.2 Å². The standard InChI is InChI=1S/C26H20ClFN6O2S2/c27-15-3-1-4-17(11-15)31-21(36)13-37-26-33-32-25(38-26)34-19-5-2-6-20(35)23(19)22(18(12-29)24(34)30)14-7-9-16(28)10-8-14/h1,3-4,7-11,22H,2,5-6,13,30H2,(H,31,36). The molecule has 5 rings (SSSR count). The van der Waals surface area contributed by atoms with Gasteiger partial charge in [-0.1, -0.05) is 52.9 Å². The van der Waals surface area contributed by atoms with E-state index >= 15 is 0 Å². The Hall–Kier alpha value is -3.72. The maximum absolute atomic E-state index is 13.6. The van der Waals surface area contributed by atoms with Gasteiger partial charge < -0.3 is 11.1 Å². The van der Waals surface area contributed by atoms with Crippen LogP contribution in [0.3, 0.4) is 0 Å². The smallest absolute Gasteiger partial charge is 0.234 e. The van der Waals surface area contributed by atoms with Crippen LogP contribution in [-0.4, -0.2) is 27.6 Å². The highest BCUT2D eigenvalue weighted by atomic mass is 35.5. The van der Waals surface area contributed by atoms with Gasteiger partial charge in [-0.15, -0.1) is 10.2 Å². The maximum Gasteiger partial charge on any atom is 0.234 e. The summed E-state index contributed by atoms with van der Waals surface area (Å²) < 4.78 is 14.1. The van der Waals surface area contributed by atoms with Crippen molar-refractivity contribution in [1.29, 1.82) is 5.26 Å². The second-order valence-corrected chi connectivity index (χ2v) is 11.2. The van der Waals surface area contributed by atoms with Crippen LogP contribution >= 0.6 is 34.7 Å². The van der Waals surface area contributed by atoms with Gasteiger partial charge in [-0.3, -0.25) is 14.5 Å². The van der Waals surface area contributed by atoms with Crippen LogP contribution < -0.4 is 16.0 Å². The minimum absolute atomic E-state index is 0.0809. The first kappa shape index (κ1) is 25.9. The van der Waals surface area contributed by atoms with Gasteiger partial charge in [0.05, 0.1) is 23.3 Å². The number of carbonyl (C=O) groups is 2. The van der Waals surface area contributed by atoms with E-state index in [1.54, 1.807) is 41.3 Å². The minimum Gasteiger partial charge on any atom is -0.384 e. The zero-order chi connectivity index (χ0) is 26.8. The Bertz CT molecular complexity index is 1530. The SMILES string of the molecule is N#CC1=C(N)N(c2nnc(SCC(=O)Nc3cccc(Cl)c3)s2)C2=C(C(=O)CCC2)C1c1ccc(F)cc1. The highest BCUT2D eigenvalue weighted by Crippen LogP contribution is 2.47. The molecule has 3 aromatic rings. The fourth-order valence-corrected chi connectivity index (χ4v) is 6.41. The van der Waals surface area contributed by atoms with Crippen molar-refractivity contribution in [3.05, 3.63) is 87.6 Å². The highest BCUT2D eigenvalue weighted by Gasteiger charge is 2.41. The predicted octanol–water partition coefficient (Wildman–Crippen LogP) is 5.37. The summed E-state index contributed by atoms with van der Waals surface area (Å²) in [7, 11) is 0. The molecule has 12 heteroatoms. The molecular formula is C26H20ClFN6O2S2. The zero-order valence-electron chi connectivity index (χ0n) is 19.8. The lowest BCUT2D eigenvalue weighted by Crippen LogP contribution is -2.38. The van der Waals surface area contributed by atoms with Crippen LogP contribution in [0.5, 0.6) is 0 Å². The quantitative estimate of drug-likeness (QED) is 0.382. The Morgan fingerprint density at radius 3 is 2.79 bits per heavy atom. The molecule has 3 N–H and O–H groups in total. The molecule has 0 fully saturated rings. The van der Waals surface area contributed by atoms with Crippen molar-refractivity contribution in [2.45, 2.75) is 29.5 Å². The number of ketones is 1. The summed E-state index contributed by atoms with van der Waals surface area (Å²) in [5, 5.41) is 22.2. The van der Waals surface area contributed by atoms with Gasteiger partial charge in [0.15, 0.2) is 10.1 Å². The van der Waals surface area contributed by atoms with E-state index in [0.29, 0.717) is 56.3 Å². The average Bonchev–Trinajstić information content (AvgIpc) is 3.36. The van der Waals surface area contributed by atoms with E-state index in [1.165, 1.54) is 35.2 Å². The fourth-order valence-electron chi connectivity index (χ4n) is 4.54. The first-order valence-electron chi connectivity index (χ1n) is 11.6. The molecule has 2 aromatic carbocycles. The van der Waals surface area contributed by atoms with Gasteiger partial charge in [0, 0.05) is 28.4 Å². The number of rotatable bonds is 6. The molecule has 1 atom stereocenters. The number of anilines is 2. The van der Waals surface area contributed by atoms with Crippen LogP contribution in [0.15, 0.2) is 75.5 Å². The van der Waals surface area contributed by atoms with Gasteiger partial charge in [0.2, 0.25) is 11.0 Å². The average molecular weight is 567 g/mol. The molecule has 2 aliphatic rings. The molecule has 1 aromatic heterocycles. The number of nitrogens with one attached hydrogen (secondary N) is 1. The molecule has 0 bridgehead atoms. The van der Waals surface area contributed by atoms with Crippen molar-refractivity contribution in [2.24, 2.45) is 5.73 Å². The molecule has 0 spiro atoms. The van der Waals surface area contributed by atoms with Crippen LogP contribution in [0.25, 0.3) is 0 Å². The first-order chi connectivity index (χ1) is 18.4. The van der Waals surface area contributed by atoms with E-state index in [-0.39, 0.29) is 28.8 Å². The molecule has 8 nitrogen and oxygen atoms in total. The van der Waals surface area contributed by atoms with E-state index in [2.05, 4.69) is 21.6 Å². The summed E-state index contributed by atoms with van der Waals surface area (Å²) in [6, 6.07) is 14.8. The van der Waals surface area contributed by atoms with Gasteiger partial charge in [-0.25, -0.2) is 4.39 Å². The molecule has 1 aliphatic heterocycles. The van der Waals surface area contributed by atoms with E-state index in [1.807, 2.05) is 0 Å². The lowest BCUT2D eigenvalue weighted by atomic mass is 9.76. The van der Waals surface area contributed by atoms with Crippen LogP contribution in [0, 0.1) is 17.1 Å². The third kappa shape index (κ3) is 5.15. The summed E-state index contributed by atoms with van der Waals surface area (Å²) >= 11 is 8.38. The number of benzene rings is 2. The summed E-state index contributed by atoms with van der Waals surface area (Å²) in [5.74, 6) is -1.16. The number of nitrogens with zero attached hydrogens (tertiary/aromatic N) is 4. The molecule has 2 heterocycles. The number of carbonyl (C=O) groups excluding carboxylic acids is 2. The molecule has 0 saturated heterocycles. The number of hydrogen-bond donors (Lipinski definition) is 2. The van der Waals surface area contributed by atoms with Crippen LogP contribution in [0.1, 0.15) is 30.7 Å². The number of halogens is 2. The predicted molar refractivity (Wildman–Crippen MR) is 145 cm³/mol. The van der Waals surface area contributed by atoms with Crippen molar-refractivity contribution in [2.75, 3.05) is 16.0 Å². The van der Waals surface area contributed by atoms with Crippen molar-refractivity contribution in [1.82, 2.24) is 10.2 Å². The Morgan fingerprint density at radius 1 is 1.26 bits per heavy atom. The maximum atomic E-state index is 13.6. The number of allylic oxidation sites excluding steroid dienone is 3. The minimum atomic E-state index is -0.684. The third-order valence-electron chi connectivity index (χ3n) is 6.14. The van der Waals surface area contributed by atoms with Crippen LogP contribution in [0.4, 0.5) is 15.2 Å². The monoisotopic (exact) mass is 566 g/mol. The molecule has 0 saturated carbocycles. The van der Waals surface area contributed by atoms with E-state index in [0.717, 1.165) is 0 Å². The Morgan fingerprint density at radius 2 is 2.05 bits per heavy atom. The summed E-state index contributed by atoms with van der Waals surface area (Å²) in [6.07, 6.45) is 1.54. The summed E-state index contributed by atoms with van der Waals surface area (Å²) in [5.41, 5.74) is 9.06. The van der Waals surface area contributed by atoms with Gasteiger partial charge in [-0.2, -0.15) is 5.26 Å². The van der Waals surface area contributed by atoms with Gasteiger partial charge in [-0.05, 0) is 48.7 Å². The molecule has 192 valence electrons. The lowest BCUT2D eigenvalue weighted by Gasteiger charge is -2.38. The van der Waals surface area contributed by atoms with E-state index in [4.69, 9.17) is 17.3 Å². The van der Waals surface area contributed by atoms with E-state index in [9.17, 15) is 19.2 Å².